The fourth-order valence-electron chi connectivity index (χ4n) is 5.04. The summed E-state index contributed by atoms with van der Waals surface area (Å²) in [6.07, 6.45) is 6.84. The number of aromatic amines is 1. The predicted molar refractivity (Wildman–Crippen MR) is 145 cm³/mol. The van der Waals surface area contributed by atoms with Crippen molar-refractivity contribution >= 4 is 11.0 Å². The Morgan fingerprint density at radius 2 is 1.84 bits per heavy atom. The third-order valence-corrected chi connectivity index (χ3v) is 6.89. The van der Waals surface area contributed by atoms with Gasteiger partial charge in [-0.15, -0.1) is 10.2 Å². The molecule has 0 fully saturated rings. The Labute approximate surface area is 215 Å². The molecule has 6 aromatic rings. The number of H-pyrrole nitrogens is 1. The molecular weight excluding hydrogens is 460 g/mol. The highest BCUT2D eigenvalue weighted by atomic mass is 15.5. The second kappa shape index (κ2) is 9.46. The molecule has 0 aliphatic heterocycles. The standard InChI is InChI=1S/C29H28N8/c1-4-5-11-26-31-23-14-12-21(29-30-16-17-36(29)3)18-25(23)37(26)24-15-13-22(20-9-7-6-8-10-20)27(19(24)2)28-32-34-35-33-28/h6-10,12-18H,4-5,11H2,1-3H3,(H,32,33,34,35). The summed E-state index contributed by atoms with van der Waals surface area (Å²) in [6, 6.07) is 21.1. The van der Waals surface area contributed by atoms with Crippen LogP contribution in [0.4, 0.5) is 0 Å². The summed E-state index contributed by atoms with van der Waals surface area (Å²) in [5.41, 5.74) is 8.35. The largest absolute Gasteiger partial charge is 0.334 e. The van der Waals surface area contributed by atoms with Gasteiger partial charge in [0.2, 0.25) is 5.82 Å². The van der Waals surface area contributed by atoms with E-state index in [4.69, 9.17) is 4.98 Å². The smallest absolute Gasteiger partial charge is 0.205 e. The number of benzene rings is 3. The van der Waals surface area contributed by atoms with E-state index in [1.54, 1.807) is 0 Å². The zero-order chi connectivity index (χ0) is 25.4. The Morgan fingerprint density at radius 1 is 0.973 bits per heavy atom. The van der Waals surface area contributed by atoms with Crippen LogP contribution in [0.2, 0.25) is 0 Å². The lowest BCUT2D eigenvalue weighted by molar-refractivity contribution is 0.743. The van der Waals surface area contributed by atoms with Gasteiger partial charge in [0.25, 0.3) is 0 Å². The monoisotopic (exact) mass is 488 g/mol. The van der Waals surface area contributed by atoms with E-state index < -0.39 is 0 Å². The van der Waals surface area contributed by atoms with Gasteiger partial charge in [-0.2, -0.15) is 5.21 Å². The Kier molecular flexibility index (Phi) is 5.84. The summed E-state index contributed by atoms with van der Waals surface area (Å²) in [7, 11) is 2.01. The molecule has 0 amide bonds. The minimum Gasteiger partial charge on any atom is -0.334 e. The highest BCUT2D eigenvalue weighted by Gasteiger charge is 2.21. The Balaban J connectivity index is 1.62. The van der Waals surface area contributed by atoms with Crippen molar-refractivity contribution in [3.63, 3.8) is 0 Å². The van der Waals surface area contributed by atoms with Gasteiger partial charge >= 0.3 is 0 Å². The molecule has 0 unspecified atom stereocenters. The Hall–Kier alpha value is -4.59. The molecule has 8 nitrogen and oxygen atoms in total. The number of aromatic nitrogens is 8. The van der Waals surface area contributed by atoms with Crippen LogP contribution in [-0.4, -0.2) is 39.7 Å². The van der Waals surface area contributed by atoms with Crippen molar-refractivity contribution in [2.24, 2.45) is 7.05 Å². The van der Waals surface area contributed by atoms with Gasteiger partial charge in [0.15, 0.2) is 0 Å². The lowest BCUT2D eigenvalue weighted by atomic mass is 9.94. The number of rotatable bonds is 7. The summed E-state index contributed by atoms with van der Waals surface area (Å²) in [6.45, 7) is 4.34. The second-order valence-corrected chi connectivity index (χ2v) is 9.27. The van der Waals surface area contributed by atoms with Crippen LogP contribution in [0.5, 0.6) is 0 Å². The van der Waals surface area contributed by atoms with Crippen molar-refractivity contribution in [1.82, 2.24) is 39.7 Å². The zero-order valence-corrected chi connectivity index (χ0v) is 21.2. The molecule has 3 heterocycles. The van der Waals surface area contributed by atoms with Crippen molar-refractivity contribution in [3.8, 4) is 39.6 Å². The van der Waals surface area contributed by atoms with Gasteiger partial charge in [-0.05, 0) is 59.5 Å². The van der Waals surface area contributed by atoms with E-state index in [1.165, 1.54) is 0 Å². The Morgan fingerprint density at radius 3 is 2.57 bits per heavy atom. The summed E-state index contributed by atoms with van der Waals surface area (Å²) in [5.74, 6) is 2.54. The van der Waals surface area contributed by atoms with E-state index in [1.807, 2.05) is 42.2 Å². The fourth-order valence-corrected chi connectivity index (χ4v) is 5.04. The number of hydrogen-bond donors (Lipinski definition) is 1. The molecule has 0 saturated heterocycles. The van der Waals surface area contributed by atoms with E-state index in [9.17, 15) is 0 Å². The lowest BCUT2D eigenvalue weighted by Gasteiger charge is -2.18. The highest BCUT2D eigenvalue weighted by Crippen LogP contribution is 2.37. The third kappa shape index (κ3) is 4.00. The van der Waals surface area contributed by atoms with Gasteiger partial charge in [0, 0.05) is 37.0 Å². The maximum Gasteiger partial charge on any atom is 0.205 e. The average Bonchev–Trinajstić information content (AvgIpc) is 3.68. The normalized spacial score (nSPS) is 11.4. The third-order valence-electron chi connectivity index (χ3n) is 6.89. The van der Waals surface area contributed by atoms with E-state index >= 15 is 0 Å². The molecule has 0 atom stereocenters. The molecule has 0 aliphatic carbocycles. The first-order chi connectivity index (χ1) is 18.2. The van der Waals surface area contributed by atoms with Gasteiger partial charge in [0.05, 0.1) is 16.7 Å². The second-order valence-electron chi connectivity index (χ2n) is 9.27. The first-order valence-electron chi connectivity index (χ1n) is 12.6. The van der Waals surface area contributed by atoms with Crippen LogP contribution in [0.1, 0.15) is 31.2 Å². The summed E-state index contributed by atoms with van der Waals surface area (Å²) in [5, 5.41) is 15.2. The van der Waals surface area contributed by atoms with Gasteiger partial charge < -0.3 is 4.57 Å². The van der Waals surface area contributed by atoms with Crippen molar-refractivity contribution in [2.75, 3.05) is 0 Å². The SMILES string of the molecule is CCCCc1nc2ccc(-c3nccn3C)cc2n1-c1ccc(-c2ccccc2)c(-c2nn[nH]n2)c1C. The van der Waals surface area contributed by atoms with Crippen LogP contribution in [0, 0.1) is 6.92 Å². The molecule has 3 aromatic carbocycles. The first-order valence-corrected chi connectivity index (χ1v) is 12.6. The number of hydrogen-bond acceptors (Lipinski definition) is 5. The lowest BCUT2D eigenvalue weighted by Crippen LogP contribution is -2.06. The summed E-state index contributed by atoms with van der Waals surface area (Å²) >= 11 is 0. The molecule has 0 bridgehead atoms. The number of aryl methyl sites for hydroxylation is 2. The predicted octanol–water partition coefficient (Wildman–Crippen LogP) is 5.92. The molecule has 37 heavy (non-hydrogen) atoms. The molecule has 0 saturated carbocycles. The molecule has 0 aliphatic rings. The number of nitrogens with one attached hydrogen (secondary N) is 1. The number of tetrazole rings is 1. The molecule has 3 aromatic heterocycles. The number of imidazole rings is 2. The number of unbranched alkanes of at least 4 members (excludes halogenated alkanes) is 1. The van der Waals surface area contributed by atoms with E-state index in [2.05, 4.69) is 86.5 Å². The van der Waals surface area contributed by atoms with Gasteiger partial charge in [0.1, 0.15) is 11.6 Å². The maximum atomic E-state index is 5.07. The van der Waals surface area contributed by atoms with E-state index in [0.717, 1.165) is 75.4 Å². The van der Waals surface area contributed by atoms with E-state index in [-0.39, 0.29) is 0 Å². The molecule has 6 rings (SSSR count). The van der Waals surface area contributed by atoms with Gasteiger partial charge in [-0.3, -0.25) is 4.57 Å². The molecule has 1 N–H and O–H groups in total. The summed E-state index contributed by atoms with van der Waals surface area (Å²) < 4.78 is 4.33. The molecule has 0 radical (unpaired) electrons. The van der Waals surface area contributed by atoms with Crippen LogP contribution in [-0.2, 0) is 13.5 Å². The minimum atomic E-state index is 0.575. The van der Waals surface area contributed by atoms with Crippen LogP contribution in [0.3, 0.4) is 0 Å². The van der Waals surface area contributed by atoms with Crippen molar-refractivity contribution < 1.29 is 0 Å². The van der Waals surface area contributed by atoms with Crippen molar-refractivity contribution in [2.45, 2.75) is 33.1 Å². The topological polar surface area (TPSA) is 90.1 Å². The van der Waals surface area contributed by atoms with Crippen LogP contribution >= 0.6 is 0 Å². The minimum absolute atomic E-state index is 0.575. The number of nitrogens with zero attached hydrogens (tertiary/aromatic N) is 7. The molecule has 184 valence electrons. The summed E-state index contributed by atoms with van der Waals surface area (Å²) in [4.78, 5) is 9.64. The number of fused-ring (bicyclic) bond motifs is 1. The molecule has 8 heteroatoms. The van der Waals surface area contributed by atoms with Crippen LogP contribution < -0.4 is 0 Å². The van der Waals surface area contributed by atoms with E-state index in [0.29, 0.717) is 5.82 Å². The van der Waals surface area contributed by atoms with Gasteiger partial charge in [-0.1, -0.05) is 49.7 Å². The van der Waals surface area contributed by atoms with Crippen LogP contribution in [0.25, 0.3) is 50.6 Å². The van der Waals surface area contributed by atoms with Crippen molar-refractivity contribution in [3.05, 3.63) is 84.4 Å². The zero-order valence-electron chi connectivity index (χ0n) is 21.2. The Bertz CT molecular complexity index is 1680. The quantitative estimate of drug-likeness (QED) is 0.301. The molecule has 0 spiro atoms. The average molecular weight is 489 g/mol. The van der Waals surface area contributed by atoms with Crippen LogP contribution in [0.15, 0.2) is 73.1 Å². The molecular formula is C29H28N8. The maximum absolute atomic E-state index is 5.07. The fraction of sp³-hybridized carbons (Fsp3) is 0.207. The first kappa shape index (κ1) is 22.8. The van der Waals surface area contributed by atoms with Gasteiger partial charge in [-0.25, -0.2) is 9.97 Å². The highest BCUT2D eigenvalue weighted by molar-refractivity contribution is 5.88. The van der Waals surface area contributed by atoms with Crippen molar-refractivity contribution in [1.29, 1.82) is 0 Å².